The smallest absolute Gasteiger partial charge is 0.244 e. The first-order valence-electron chi connectivity index (χ1n) is 10.8. The molecule has 30 heavy (non-hydrogen) atoms. The normalized spacial score (nSPS) is 17.2. The number of aryl methyl sites for hydroxylation is 2. The number of nitriles is 1. The van der Waals surface area contributed by atoms with Gasteiger partial charge in [-0.25, -0.2) is 0 Å². The van der Waals surface area contributed by atoms with Gasteiger partial charge in [-0.3, -0.25) is 4.79 Å². The van der Waals surface area contributed by atoms with Gasteiger partial charge >= 0.3 is 0 Å². The van der Waals surface area contributed by atoms with Crippen molar-refractivity contribution in [2.24, 2.45) is 5.73 Å². The lowest BCUT2D eigenvalue weighted by Gasteiger charge is -2.28. The Morgan fingerprint density at radius 3 is 2.77 bits per heavy atom. The van der Waals surface area contributed by atoms with Gasteiger partial charge in [0.25, 0.3) is 0 Å². The van der Waals surface area contributed by atoms with Crippen LogP contribution in [0.15, 0.2) is 54.6 Å². The number of carbonyl (C=O) groups excluding carboxylic acids is 1. The van der Waals surface area contributed by atoms with Crippen LogP contribution in [-0.4, -0.2) is 28.0 Å². The maximum atomic E-state index is 13.1. The monoisotopic (exact) mass is 400 g/mol. The van der Waals surface area contributed by atoms with Gasteiger partial charge in [-0.2, -0.15) is 5.26 Å². The largest absolute Gasteiger partial charge is 0.345 e. The molecule has 5 nitrogen and oxygen atoms in total. The van der Waals surface area contributed by atoms with E-state index in [1.807, 2.05) is 53.4 Å². The van der Waals surface area contributed by atoms with E-state index >= 15 is 0 Å². The number of carbonyl (C=O) groups is 1. The number of nitrogens with zero attached hydrogens (tertiary/aromatic N) is 3. The second-order valence-electron chi connectivity index (χ2n) is 8.02. The van der Waals surface area contributed by atoms with Gasteiger partial charge in [-0.05, 0) is 61.8 Å². The Morgan fingerprint density at radius 2 is 2.03 bits per heavy atom. The standard InChI is InChI=1S/C25H28N4O/c1-2-28-22(16-20-11-10-18(17-26)15-23(20)28)13-12-21-9-6-14-29(21)25(30)24(27)19-7-4-3-5-8-19/h3-5,7-8,10-11,15-16,21,24H,2,6,9,12-14,27H2,1H3. The lowest BCUT2D eigenvalue weighted by atomic mass is 10.0. The third kappa shape index (κ3) is 3.83. The van der Waals surface area contributed by atoms with E-state index in [1.54, 1.807) is 0 Å². The van der Waals surface area contributed by atoms with Crippen molar-refractivity contribution in [3.63, 3.8) is 0 Å². The van der Waals surface area contributed by atoms with E-state index < -0.39 is 6.04 Å². The molecule has 5 heteroatoms. The molecular formula is C25H28N4O. The van der Waals surface area contributed by atoms with E-state index in [4.69, 9.17) is 5.73 Å². The van der Waals surface area contributed by atoms with Crippen LogP contribution < -0.4 is 5.73 Å². The molecule has 1 saturated heterocycles. The van der Waals surface area contributed by atoms with Gasteiger partial charge in [0.1, 0.15) is 6.04 Å². The highest BCUT2D eigenvalue weighted by atomic mass is 16.2. The fourth-order valence-electron chi connectivity index (χ4n) is 4.68. The number of amides is 1. The van der Waals surface area contributed by atoms with Crippen LogP contribution in [0.25, 0.3) is 10.9 Å². The summed E-state index contributed by atoms with van der Waals surface area (Å²) in [4.78, 5) is 15.1. The summed E-state index contributed by atoms with van der Waals surface area (Å²) in [5, 5.41) is 10.4. The highest BCUT2D eigenvalue weighted by Gasteiger charge is 2.32. The molecule has 2 aromatic carbocycles. The molecule has 1 aliphatic rings. The maximum absolute atomic E-state index is 13.1. The molecule has 0 aliphatic carbocycles. The van der Waals surface area contributed by atoms with Crippen LogP contribution in [0.4, 0.5) is 0 Å². The van der Waals surface area contributed by atoms with Gasteiger partial charge in [-0.15, -0.1) is 0 Å². The lowest BCUT2D eigenvalue weighted by Crippen LogP contribution is -2.41. The Morgan fingerprint density at radius 1 is 1.23 bits per heavy atom. The molecule has 4 rings (SSSR count). The van der Waals surface area contributed by atoms with E-state index in [1.165, 1.54) is 5.69 Å². The Hall–Kier alpha value is -3.10. The van der Waals surface area contributed by atoms with Crippen molar-refractivity contribution in [2.45, 2.75) is 51.2 Å². The van der Waals surface area contributed by atoms with Crippen LogP contribution in [-0.2, 0) is 17.8 Å². The second kappa shape index (κ2) is 8.73. The Balaban J connectivity index is 1.49. The molecule has 1 aliphatic heterocycles. The molecule has 1 aromatic heterocycles. The van der Waals surface area contributed by atoms with Crippen molar-refractivity contribution < 1.29 is 4.79 Å². The molecule has 0 bridgehead atoms. The number of nitrogens with two attached hydrogens (primary N) is 1. The van der Waals surface area contributed by atoms with Gasteiger partial charge in [0.2, 0.25) is 5.91 Å². The zero-order chi connectivity index (χ0) is 21.1. The van der Waals surface area contributed by atoms with E-state index in [2.05, 4.69) is 23.6 Å². The van der Waals surface area contributed by atoms with E-state index in [-0.39, 0.29) is 11.9 Å². The fourth-order valence-corrected chi connectivity index (χ4v) is 4.68. The maximum Gasteiger partial charge on any atom is 0.244 e. The average Bonchev–Trinajstić information content (AvgIpc) is 3.40. The molecule has 154 valence electrons. The van der Waals surface area contributed by atoms with Crippen LogP contribution in [0.1, 0.15) is 49.0 Å². The third-order valence-corrected chi connectivity index (χ3v) is 6.25. The molecule has 0 radical (unpaired) electrons. The summed E-state index contributed by atoms with van der Waals surface area (Å²) < 4.78 is 2.28. The number of aromatic nitrogens is 1. The highest BCUT2D eigenvalue weighted by molar-refractivity contribution is 5.84. The van der Waals surface area contributed by atoms with Gasteiger partial charge in [-0.1, -0.05) is 36.4 Å². The third-order valence-electron chi connectivity index (χ3n) is 6.25. The summed E-state index contributed by atoms with van der Waals surface area (Å²) >= 11 is 0. The van der Waals surface area contributed by atoms with Crippen molar-refractivity contribution in [2.75, 3.05) is 6.54 Å². The number of hydrogen-bond donors (Lipinski definition) is 1. The van der Waals surface area contributed by atoms with Gasteiger partial charge in [0, 0.05) is 30.3 Å². The predicted octanol–water partition coefficient (Wildman–Crippen LogP) is 4.16. The Bertz CT molecular complexity index is 1080. The van der Waals surface area contributed by atoms with Crippen molar-refractivity contribution in [3.05, 3.63) is 71.4 Å². The minimum atomic E-state index is -0.599. The van der Waals surface area contributed by atoms with Crippen molar-refractivity contribution >= 4 is 16.8 Å². The summed E-state index contributed by atoms with van der Waals surface area (Å²) in [6.45, 7) is 3.78. The predicted molar refractivity (Wildman–Crippen MR) is 119 cm³/mol. The van der Waals surface area contributed by atoms with Crippen molar-refractivity contribution in [3.8, 4) is 6.07 Å². The molecule has 2 N–H and O–H groups in total. The second-order valence-corrected chi connectivity index (χ2v) is 8.02. The van der Waals surface area contributed by atoms with Crippen LogP contribution in [0.2, 0.25) is 0 Å². The van der Waals surface area contributed by atoms with Crippen molar-refractivity contribution in [1.82, 2.24) is 9.47 Å². The van der Waals surface area contributed by atoms with E-state index in [0.717, 1.165) is 55.2 Å². The van der Waals surface area contributed by atoms with Crippen LogP contribution >= 0.6 is 0 Å². The zero-order valence-corrected chi connectivity index (χ0v) is 17.4. The average molecular weight is 401 g/mol. The first kappa shape index (κ1) is 20.2. The van der Waals surface area contributed by atoms with Gasteiger partial charge in [0.05, 0.1) is 11.6 Å². The van der Waals surface area contributed by atoms with Crippen LogP contribution in [0.5, 0.6) is 0 Å². The summed E-state index contributed by atoms with van der Waals surface area (Å²) in [5.74, 6) is 0.0263. The molecule has 3 aromatic rings. The summed E-state index contributed by atoms with van der Waals surface area (Å²) in [5.41, 5.74) is 10.2. The topological polar surface area (TPSA) is 75.1 Å². The minimum absolute atomic E-state index is 0.0263. The zero-order valence-electron chi connectivity index (χ0n) is 17.4. The fraction of sp³-hybridized carbons (Fsp3) is 0.360. The molecule has 0 saturated carbocycles. The molecule has 0 spiro atoms. The summed E-state index contributed by atoms with van der Waals surface area (Å²) in [6, 6.07) is 19.6. The molecule has 2 heterocycles. The number of fused-ring (bicyclic) bond motifs is 1. The molecular weight excluding hydrogens is 372 g/mol. The molecule has 2 atom stereocenters. The molecule has 1 amide bonds. The SMILES string of the molecule is CCn1c(CCC2CCCN2C(=O)C(N)c2ccccc2)cc2ccc(C#N)cc21. The number of benzene rings is 2. The Kier molecular flexibility index (Phi) is 5.87. The van der Waals surface area contributed by atoms with Gasteiger partial charge < -0.3 is 15.2 Å². The van der Waals surface area contributed by atoms with E-state index in [0.29, 0.717) is 5.56 Å². The Labute approximate surface area is 177 Å². The quantitative estimate of drug-likeness (QED) is 0.675. The van der Waals surface area contributed by atoms with Crippen molar-refractivity contribution in [1.29, 1.82) is 5.26 Å². The van der Waals surface area contributed by atoms with Crippen LogP contribution in [0.3, 0.4) is 0 Å². The summed E-state index contributed by atoms with van der Waals surface area (Å²) in [7, 11) is 0. The van der Waals surface area contributed by atoms with Crippen LogP contribution in [0, 0.1) is 11.3 Å². The van der Waals surface area contributed by atoms with E-state index in [9.17, 15) is 10.1 Å². The molecule has 1 fully saturated rings. The number of likely N-dealkylation sites (tertiary alicyclic amines) is 1. The van der Waals surface area contributed by atoms with Gasteiger partial charge in [0.15, 0.2) is 0 Å². The molecule has 2 unspecified atom stereocenters. The lowest BCUT2D eigenvalue weighted by molar-refractivity contribution is -0.133. The number of rotatable bonds is 6. The highest BCUT2D eigenvalue weighted by Crippen LogP contribution is 2.27. The first-order chi connectivity index (χ1) is 14.6. The minimum Gasteiger partial charge on any atom is -0.345 e. The number of hydrogen-bond acceptors (Lipinski definition) is 3. The first-order valence-corrected chi connectivity index (χ1v) is 10.8. The summed E-state index contributed by atoms with van der Waals surface area (Å²) in [6.07, 6.45) is 3.88.